The molecule has 0 bridgehead atoms. The smallest absolute Gasteiger partial charge is 0.0868 e. The highest BCUT2D eigenvalue weighted by Gasteiger charge is 2.05. The van der Waals surface area contributed by atoms with Gasteiger partial charge in [-0.1, -0.05) is 6.07 Å². The van der Waals surface area contributed by atoms with Crippen molar-refractivity contribution >= 4 is 10.9 Å². The molecule has 0 radical (unpaired) electrons. The third kappa shape index (κ3) is 2.00. The van der Waals surface area contributed by atoms with Crippen molar-refractivity contribution in [3.8, 4) is 0 Å². The highest BCUT2D eigenvalue weighted by atomic mass is 15.3. The van der Waals surface area contributed by atoms with Gasteiger partial charge in [0.25, 0.3) is 0 Å². The van der Waals surface area contributed by atoms with E-state index in [0.29, 0.717) is 6.54 Å². The van der Waals surface area contributed by atoms with Crippen LogP contribution >= 0.6 is 0 Å². The summed E-state index contributed by atoms with van der Waals surface area (Å²) in [5.41, 5.74) is 10.2. The molecule has 3 aromatic rings. The van der Waals surface area contributed by atoms with Crippen LogP contribution in [-0.4, -0.2) is 26.9 Å². The van der Waals surface area contributed by atoms with Crippen LogP contribution in [0.2, 0.25) is 0 Å². The molecule has 0 fully saturated rings. The van der Waals surface area contributed by atoms with Crippen molar-refractivity contribution in [1.82, 2.24) is 20.4 Å². The van der Waals surface area contributed by atoms with E-state index in [1.807, 2.05) is 6.20 Å². The fourth-order valence-electron chi connectivity index (χ4n) is 2.22. The largest absolute Gasteiger partial charge is 0.361 e. The molecule has 5 nitrogen and oxygen atoms in total. The Labute approximate surface area is 104 Å². The fraction of sp³-hybridized carbons (Fsp3) is 0.231. The second kappa shape index (κ2) is 4.62. The van der Waals surface area contributed by atoms with Gasteiger partial charge in [0, 0.05) is 23.5 Å². The summed E-state index contributed by atoms with van der Waals surface area (Å²) in [5.74, 6) is 0. The van der Waals surface area contributed by atoms with Gasteiger partial charge in [-0.25, -0.2) is 0 Å². The van der Waals surface area contributed by atoms with Crippen LogP contribution < -0.4 is 5.73 Å². The molecular weight excluding hydrogens is 226 g/mol. The molecule has 0 saturated carbocycles. The Morgan fingerprint density at radius 3 is 3.00 bits per heavy atom. The van der Waals surface area contributed by atoms with E-state index < -0.39 is 0 Å². The number of benzene rings is 1. The molecule has 2 heterocycles. The Balaban J connectivity index is 1.96. The number of nitrogens with two attached hydrogens (primary N) is 1. The number of hydrogen-bond donors (Lipinski definition) is 3. The van der Waals surface area contributed by atoms with Gasteiger partial charge in [0.1, 0.15) is 0 Å². The minimum Gasteiger partial charge on any atom is -0.361 e. The monoisotopic (exact) mass is 241 g/mol. The molecule has 18 heavy (non-hydrogen) atoms. The summed E-state index contributed by atoms with van der Waals surface area (Å²) in [4.78, 5) is 3.27. The Bertz CT molecular complexity index is 639. The first-order valence-corrected chi connectivity index (χ1v) is 6.00. The van der Waals surface area contributed by atoms with Gasteiger partial charge in [0.15, 0.2) is 0 Å². The van der Waals surface area contributed by atoms with Crippen LogP contribution in [0.3, 0.4) is 0 Å². The van der Waals surface area contributed by atoms with E-state index in [9.17, 15) is 0 Å². The molecule has 4 N–H and O–H groups in total. The fourth-order valence-corrected chi connectivity index (χ4v) is 2.22. The van der Waals surface area contributed by atoms with Crippen molar-refractivity contribution in [2.75, 3.05) is 6.54 Å². The molecule has 0 saturated heterocycles. The summed E-state index contributed by atoms with van der Waals surface area (Å²) in [7, 11) is 0. The van der Waals surface area contributed by atoms with Crippen LogP contribution in [0, 0.1) is 0 Å². The Kier molecular flexibility index (Phi) is 2.82. The van der Waals surface area contributed by atoms with Crippen LogP contribution in [-0.2, 0) is 12.8 Å². The number of hydrogen-bond acceptors (Lipinski definition) is 3. The van der Waals surface area contributed by atoms with Gasteiger partial charge in [-0.2, -0.15) is 15.4 Å². The summed E-state index contributed by atoms with van der Waals surface area (Å²) in [6.45, 7) is 0.667. The quantitative estimate of drug-likeness (QED) is 0.645. The van der Waals surface area contributed by atoms with Crippen molar-refractivity contribution in [2.24, 2.45) is 5.73 Å². The second-order valence-corrected chi connectivity index (χ2v) is 4.37. The van der Waals surface area contributed by atoms with Gasteiger partial charge in [0.2, 0.25) is 0 Å². The molecule has 92 valence electrons. The maximum absolute atomic E-state index is 5.62. The molecule has 0 aliphatic rings. The van der Waals surface area contributed by atoms with Gasteiger partial charge >= 0.3 is 0 Å². The topological polar surface area (TPSA) is 83.4 Å². The van der Waals surface area contributed by atoms with E-state index >= 15 is 0 Å². The van der Waals surface area contributed by atoms with Gasteiger partial charge in [-0.3, -0.25) is 0 Å². The third-order valence-electron chi connectivity index (χ3n) is 3.10. The lowest BCUT2D eigenvalue weighted by Gasteiger charge is -2.01. The molecule has 2 aromatic heterocycles. The highest BCUT2D eigenvalue weighted by molar-refractivity contribution is 5.84. The van der Waals surface area contributed by atoms with Crippen molar-refractivity contribution < 1.29 is 0 Å². The first kappa shape index (κ1) is 11.0. The average molecular weight is 241 g/mol. The Morgan fingerprint density at radius 2 is 2.22 bits per heavy atom. The molecule has 0 atom stereocenters. The summed E-state index contributed by atoms with van der Waals surface area (Å²) in [6.07, 6.45) is 5.48. The van der Waals surface area contributed by atoms with Crippen LogP contribution in [0.4, 0.5) is 0 Å². The van der Waals surface area contributed by atoms with Crippen molar-refractivity contribution in [3.63, 3.8) is 0 Å². The molecule has 0 unspecified atom stereocenters. The zero-order chi connectivity index (χ0) is 12.4. The Morgan fingerprint density at radius 1 is 1.28 bits per heavy atom. The number of nitrogens with one attached hydrogen (secondary N) is 2. The lowest BCUT2D eigenvalue weighted by Crippen LogP contribution is -2.01. The van der Waals surface area contributed by atoms with Gasteiger partial charge in [-0.15, -0.1) is 0 Å². The lowest BCUT2D eigenvalue weighted by atomic mass is 10.0. The molecule has 3 rings (SSSR count). The number of rotatable bonds is 4. The van der Waals surface area contributed by atoms with E-state index in [-0.39, 0.29) is 0 Å². The maximum Gasteiger partial charge on any atom is 0.0868 e. The highest BCUT2D eigenvalue weighted by Crippen LogP contribution is 2.21. The summed E-state index contributed by atoms with van der Waals surface area (Å²) in [6, 6.07) is 6.41. The van der Waals surface area contributed by atoms with Gasteiger partial charge < -0.3 is 10.7 Å². The van der Waals surface area contributed by atoms with Crippen LogP contribution in [0.15, 0.2) is 30.6 Å². The maximum atomic E-state index is 5.62. The number of aromatic nitrogens is 4. The molecule has 0 spiro atoms. The van der Waals surface area contributed by atoms with Crippen molar-refractivity contribution in [2.45, 2.75) is 12.8 Å². The van der Waals surface area contributed by atoms with E-state index in [1.165, 1.54) is 16.5 Å². The predicted octanol–water partition coefficient (Wildman–Crippen LogP) is 1.38. The van der Waals surface area contributed by atoms with Gasteiger partial charge in [-0.05, 0) is 36.2 Å². The van der Waals surface area contributed by atoms with E-state index in [4.69, 9.17) is 5.73 Å². The average Bonchev–Trinajstić information content (AvgIpc) is 3.00. The van der Waals surface area contributed by atoms with Crippen molar-refractivity contribution in [3.05, 3.63) is 47.4 Å². The predicted molar refractivity (Wildman–Crippen MR) is 70.2 cm³/mol. The number of H-pyrrole nitrogens is 2. The second-order valence-electron chi connectivity index (χ2n) is 4.37. The number of aromatic amines is 2. The summed E-state index contributed by atoms with van der Waals surface area (Å²) in [5, 5.41) is 11.8. The molecule has 1 aromatic carbocycles. The first-order valence-electron chi connectivity index (χ1n) is 6.00. The van der Waals surface area contributed by atoms with Crippen molar-refractivity contribution in [1.29, 1.82) is 0 Å². The van der Waals surface area contributed by atoms with E-state index in [1.54, 1.807) is 6.20 Å². The minimum absolute atomic E-state index is 0.667. The molecule has 5 heteroatoms. The van der Waals surface area contributed by atoms with E-state index in [0.717, 1.165) is 24.1 Å². The number of nitrogens with zero attached hydrogens (tertiary/aromatic N) is 2. The molecular formula is C13H15N5. The molecule has 0 aliphatic heterocycles. The first-order chi connectivity index (χ1) is 8.86. The normalized spacial score (nSPS) is 11.2. The van der Waals surface area contributed by atoms with Crippen LogP contribution in [0.1, 0.15) is 16.8 Å². The van der Waals surface area contributed by atoms with Gasteiger partial charge in [0.05, 0.1) is 11.9 Å². The standard InChI is InChI=1S/C13H15N5/c14-4-3-10-7-15-13-2-1-9(6-12(10)13)5-11-8-16-18-17-11/h1-2,6-8,15H,3-5,14H2,(H,16,17,18). The molecule has 0 aliphatic carbocycles. The third-order valence-corrected chi connectivity index (χ3v) is 3.10. The number of fused-ring (bicyclic) bond motifs is 1. The summed E-state index contributed by atoms with van der Waals surface area (Å²) < 4.78 is 0. The van der Waals surface area contributed by atoms with E-state index in [2.05, 4.69) is 38.6 Å². The van der Waals surface area contributed by atoms with Crippen LogP contribution in [0.25, 0.3) is 10.9 Å². The SMILES string of the molecule is NCCc1c[nH]c2ccc(Cc3cn[nH]n3)cc12. The Hall–Kier alpha value is -2.14. The molecule has 0 amide bonds. The lowest BCUT2D eigenvalue weighted by molar-refractivity contribution is 0.915. The zero-order valence-electron chi connectivity index (χ0n) is 9.98. The zero-order valence-corrected chi connectivity index (χ0v) is 9.98. The minimum atomic E-state index is 0.667. The summed E-state index contributed by atoms with van der Waals surface area (Å²) >= 11 is 0. The van der Waals surface area contributed by atoms with Crippen LogP contribution in [0.5, 0.6) is 0 Å².